The fraction of sp³-hybridized carbons (Fsp3) is 0. The molecule has 0 atom stereocenters. The number of amides is 2. The molecule has 0 aliphatic heterocycles. The third-order valence-electron chi connectivity index (χ3n) is 2.69. The fourth-order valence-electron chi connectivity index (χ4n) is 1.58. The number of carbonyl (C=O) groups excluding carboxylic acids is 2. The van der Waals surface area contributed by atoms with Crippen LogP contribution in [-0.4, -0.2) is 18.0 Å². The number of anilines is 1. The number of para-hydroxylation sites is 1. The summed E-state index contributed by atoms with van der Waals surface area (Å²) in [6.45, 7) is 0. The Balaban J connectivity index is 1.98. The second-order valence-electron chi connectivity index (χ2n) is 4.27. The third kappa shape index (κ3) is 4.69. The first-order valence-corrected chi connectivity index (χ1v) is 7.45. The summed E-state index contributed by atoms with van der Waals surface area (Å²) in [5, 5.41) is 7.10. The first-order chi connectivity index (χ1) is 11.0. The van der Waals surface area contributed by atoms with E-state index in [4.69, 9.17) is 34.8 Å². The van der Waals surface area contributed by atoms with Crippen LogP contribution in [0.3, 0.4) is 0 Å². The predicted octanol–water partition coefficient (Wildman–Crippen LogP) is 3.74. The summed E-state index contributed by atoms with van der Waals surface area (Å²) in [5.74, 6) is -1.86. The number of nitrogens with one attached hydrogen (secondary N) is 2. The minimum atomic E-state index is -0.954. The van der Waals surface area contributed by atoms with Gasteiger partial charge in [-0.3, -0.25) is 9.59 Å². The van der Waals surface area contributed by atoms with Gasteiger partial charge in [-0.2, -0.15) is 5.10 Å². The van der Waals surface area contributed by atoms with Crippen LogP contribution in [0, 0.1) is 0 Å². The number of halogens is 3. The number of rotatable bonds is 3. The van der Waals surface area contributed by atoms with Gasteiger partial charge in [0.15, 0.2) is 0 Å². The maximum atomic E-state index is 11.7. The summed E-state index contributed by atoms with van der Waals surface area (Å²) >= 11 is 17.8. The van der Waals surface area contributed by atoms with Gasteiger partial charge in [0, 0.05) is 5.56 Å². The van der Waals surface area contributed by atoms with E-state index in [1.807, 2.05) is 0 Å². The van der Waals surface area contributed by atoms with Crippen molar-refractivity contribution >= 4 is 58.5 Å². The van der Waals surface area contributed by atoms with E-state index >= 15 is 0 Å². The Hall–Kier alpha value is -2.08. The van der Waals surface area contributed by atoms with Crippen LogP contribution in [0.15, 0.2) is 47.6 Å². The van der Waals surface area contributed by atoms with Crippen molar-refractivity contribution in [1.82, 2.24) is 5.43 Å². The van der Waals surface area contributed by atoms with E-state index in [0.29, 0.717) is 26.3 Å². The SMILES string of the molecule is O=C(N/N=C\c1c(Cl)cccc1Cl)C(=O)Nc1ccccc1Cl. The van der Waals surface area contributed by atoms with Gasteiger partial charge in [0.2, 0.25) is 0 Å². The first kappa shape index (κ1) is 17.3. The van der Waals surface area contributed by atoms with Crippen LogP contribution in [0.5, 0.6) is 0 Å². The summed E-state index contributed by atoms with van der Waals surface area (Å²) in [6, 6.07) is 11.5. The van der Waals surface area contributed by atoms with Crippen molar-refractivity contribution in [3.63, 3.8) is 0 Å². The Morgan fingerprint density at radius 3 is 2.13 bits per heavy atom. The number of carbonyl (C=O) groups is 2. The van der Waals surface area contributed by atoms with Gasteiger partial charge in [0.25, 0.3) is 0 Å². The van der Waals surface area contributed by atoms with E-state index in [-0.39, 0.29) is 0 Å². The predicted molar refractivity (Wildman–Crippen MR) is 92.3 cm³/mol. The van der Waals surface area contributed by atoms with Crippen LogP contribution in [0.1, 0.15) is 5.56 Å². The van der Waals surface area contributed by atoms with E-state index in [1.165, 1.54) is 6.21 Å². The van der Waals surface area contributed by atoms with Crippen molar-refractivity contribution in [2.24, 2.45) is 5.10 Å². The maximum Gasteiger partial charge on any atom is 0.329 e. The number of hydrogen-bond donors (Lipinski definition) is 2. The lowest BCUT2D eigenvalue weighted by molar-refractivity contribution is -0.136. The molecule has 0 heterocycles. The van der Waals surface area contributed by atoms with Crippen LogP contribution in [-0.2, 0) is 9.59 Å². The molecule has 5 nitrogen and oxygen atoms in total. The first-order valence-electron chi connectivity index (χ1n) is 6.32. The van der Waals surface area contributed by atoms with E-state index in [1.54, 1.807) is 42.5 Å². The molecule has 2 aromatic carbocycles. The second kappa shape index (κ2) is 7.97. The Labute approximate surface area is 147 Å². The largest absolute Gasteiger partial charge is 0.329 e. The molecule has 0 fully saturated rings. The molecule has 2 N–H and O–H groups in total. The van der Waals surface area contributed by atoms with Gasteiger partial charge in [-0.05, 0) is 24.3 Å². The van der Waals surface area contributed by atoms with Gasteiger partial charge in [0.1, 0.15) is 0 Å². The van der Waals surface area contributed by atoms with Gasteiger partial charge in [-0.25, -0.2) is 5.43 Å². The average Bonchev–Trinajstić information content (AvgIpc) is 2.52. The third-order valence-corrected chi connectivity index (χ3v) is 3.68. The van der Waals surface area contributed by atoms with E-state index in [0.717, 1.165) is 0 Å². The Morgan fingerprint density at radius 2 is 1.48 bits per heavy atom. The van der Waals surface area contributed by atoms with Gasteiger partial charge in [-0.1, -0.05) is 53.0 Å². The highest BCUT2D eigenvalue weighted by Crippen LogP contribution is 2.22. The van der Waals surface area contributed by atoms with Crippen molar-refractivity contribution < 1.29 is 9.59 Å². The molecule has 2 aromatic rings. The Bertz CT molecular complexity index is 758. The molecule has 0 aromatic heterocycles. The average molecular weight is 371 g/mol. The number of hydrogen-bond acceptors (Lipinski definition) is 3. The molecule has 0 spiro atoms. The van der Waals surface area contributed by atoms with Crippen molar-refractivity contribution in [2.45, 2.75) is 0 Å². The molecule has 0 bridgehead atoms. The van der Waals surface area contributed by atoms with Crippen LogP contribution in [0.2, 0.25) is 15.1 Å². The van der Waals surface area contributed by atoms with Crippen molar-refractivity contribution in [3.05, 3.63) is 63.1 Å². The van der Waals surface area contributed by atoms with Gasteiger partial charge in [-0.15, -0.1) is 0 Å². The highest BCUT2D eigenvalue weighted by molar-refractivity contribution is 6.41. The van der Waals surface area contributed by atoms with Crippen molar-refractivity contribution in [1.29, 1.82) is 0 Å². The molecule has 118 valence electrons. The topological polar surface area (TPSA) is 70.6 Å². The molecule has 0 radical (unpaired) electrons. The maximum absolute atomic E-state index is 11.7. The summed E-state index contributed by atoms with van der Waals surface area (Å²) in [4.78, 5) is 23.4. The van der Waals surface area contributed by atoms with Crippen LogP contribution < -0.4 is 10.7 Å². The minimum Gasteiger partial charge on any atom is -0.316 e. The fourth-order valence-corrected chi connectivity index (χ4v) is 2.26. The van der Waals surface area contributed by atoms with E-state index in [2.05, 4.69) is 15.8 Å². The Kier molecular flexibility index (Phi) is 5.98. The normalized spacial score (nSPS) is 10.6. The summed E-state index contributed by atoms with van der Waals surface area (Å²) in [6.07, 6.45) is 1.26. The highest BCUT2D eigenvalue weighted by atomic mass is 35.5. The standard InChI is InChI=1S/C15H10Cl3N3O2/c16-10-5-3-6-11(17)9(10)8-19-21-15(23)14(22)20-13-7-2-1-4-12(13)18/h1-8H,(H,20,22)(H,21,23)/b19-8-. The smallest absolute Gasteiger partial charge is 0.316 e. The zero-order chi connectivity index (χ0) is 16.8. The van der Waals surface area contributed by atoms with Gasteiger partial charge in [0.05, 0.1) is 27.0 Å². The second-order valence-corrected chi connectivity index (χ2v) is 5.49. The molecular formula is C15H10Cl3N3O2. The van der Waals surface area contributed by atoms with Gasteiger partial charge < -0.3 is 5.32 Å². The summed E-state index contributed by atoms with van der Waals surface area (Å²) < 4.78 is 0. The highest BCUT2D eigenvalue weighted by Gasteiger charge is 2.14. The van der Waals surface area contributed by atoms with Crippen molar-refractivity contribution in [3.8, 4) is 0 Å². The molecule has 2 rings (SSSR count). The van der Waals surface area contributed by atoms with Crippen LogP contribution >= 0.6 is 34.8 Å². The quantitative estimate of drug-likeness (QED) is 0.491. The zero-order valence-electron chi connectivity index (χ0n) is 11.5. The van der Waals surface area contributed by atoms with Crippen molar-refractivity contribution in [2.75, 3.05) is 5.32 Å². The number of nitrogens with zero attached hydrogens (tertiary/aromatic N) is 1. The monoisotopic (exact) mass is 369 g/mol. The minimum absolute atomic E-state index is 0.319. The molecule has 0 unspecified atom stereocenters. The van der Waals surface area contributed by atoms with E-state index in [9.17, 15) is 9.59 Å². The molecular weight excluding hydrogens is 361 g/mol. The molecule has 0 saturated carbocycles. The molecule has 0 aliphatic carbocycles. The molecule has 23 heavy (non-hydrogen) atoms. The van der Waals surface area contributed by atoms with Crippen LogP contribution in [0.25, 0.3) is 0 Å². The number of benzene rings is 2. The zero-order valence-corrected chi connectivity index (χ0v) is 13.8. The molecule has 0 aliphatic rings. The lowest BCUT2D eigenvalue weighted by Gasteiger charge is -2.05. The molecule has 0 saturated heterocycles. The summed E-state index contributed by atoms with van der Waals surface area (Å²) in [5.41, 5.74) is 2.84. The van der Waals surface area contributed by atoms with Gasteiger partial charge >= 0.3 is 11.8 Å². The molecule has 2 amide bonds. The Morgan fingerprint density at radius 1 is 0.870 bits per heavy atom. The van der Waals surface area contributed by atoms with Crippen LogP contribution in [0.4, 0.5) is 5.69 Å². The summed E-state index contributed by atoms with van der Waals surface area (Å²) in [7, 11) is 0. The molecule has 8 heteroatoms. The lowest BCUT2D eigenvalue weighted by atomic mass is 10.2. The number of hydrazone groups is 1. The lowest BCUT2D eigenvalue weighted by Crippen LogP contribution is -2.32. The van der Waals surface area contributed by atoms with E-state index < -0.39 is 11.8 Å².